The maximum absolute atomic E-state index is 3.77. The molecule has 1 N–H and O–H groups in total. The first-order chi connectivity index (χ1) is 10.4. The van der Waals surface area contributed by atoms with Gasteiger partial charge in [-0.3, -0.25) is 0 Å². The van der Waals surface area contributed by atoms with E-state index in [1.54, 1.807) is 0 Å². The highest BCUT2D eigenvalue weighted by Crippen LogP contribution is 2.38. The Balaban J connectivity index is 1.73. The van der Waals surface area contributed by atoms with Crippen LogP contribution in [0, 0.1) is 0 Å². The van der Waals surface area contributed by atoms with Crippen LogP contribution in [-0.2, 0) is 0 Å². The number of rotatable bonds is 2. The number of hydrogen-bond donors (Lipinski definition) is 1. The Morgan fingerprint density at radius 1 is 0.857 bits per heavy atom. The molecule has 0 aromatic heterocycles. The van der Waals surface area contributed by atoms with Crippen LogP contribution in [0.15, 0.2) is 71.6 Å². The molecule has 104 valence electrons. The summed E-state index contributed by atoms with van der Waals surface area (Å²) in [5, 5.41) is 6.36. The lowest BCUT2D eigenvalue weighted by atomic mass is 10.0. The van der Waals surface area contributed by atoms with Crippen molar-refractivity contribution >= 4 is 28.2 Å². The van der Waals surface area contributed by atoms with Crippen molar-refractivity contribution in [2.45, 2.75) is 17.4 Å². The van der Waals surface area contributed by atoms with Gasteiger partial charge in [0.2, 0.25) is 0 Å². The number of hydrogen-bond acceptors (Lipinski definition) is 2. The third-order valence-corrected chi connectivity index (χ3v) is 5.20. The number of benzene rings is 3. The maximum Gasteiger partial charge on any atom is 0.0533 e. The third-order valence-electron chi connectivity index (χ3n) is 4.08. The minimum atomic E-state index is 0.410. The molecule has 2 heteroatoms. The van der Waals surface area contributed by atoms with E-state index in [9.17, 15) is 0 Å². The first-order valence-electron chi connectivity index (χ1n) is 7.38. The monoisotopic (exact) mass is 291 g/mol. The molecule has 1 heterocycles. The van der Waals surface area contributed by atoms with Crippen LogP contribution in [0.5, 0.6) is 0 Å². The van der Waals surface area contributed by atoms with E-state index in [2.05, 4.69) is 72.0 Å². The van der Waals surface area contributed by atoms with E-state index in [4.69, 9.17) is 0 Å². The van der Waals surface area contributed by atoms with Crippen LogP contribution in [0.1, 0.15) is 18.0 Å². The van der Waals surface area contributed by atoms with Gasteiger partial charge in [-0.2, -0.15) is 0 Å². The van der Waals surface area contributed by atoms with Crippen molar-refractivity contribution < 1.29 is 0 Å². The normalized spacial score (nSPS) is 17.4. The van der Waals surface area contributed by atoms with Crippen LogP contribution in [-0.4, -0.2) is 5.75 Å². The summed E-state index contributed by atoms with van der Waals surface area (Å²) in [6, 6.07) is 24.2. The van der Waals surface area contributed by atoms with Crippen LogP contribution in [0.3, 0.4) is 0 Å². The Labute approximate surface area is 129 Å². The largest absolute Gasteiger partial charge is 0.378 e. The van der Waals surface area contributed by atoms with Crippen molar-refractivity contribution in [3.63, 3.8) is 0 Å². The fourth-order valence-corrected chi connectivity index (χ4v) is 4.16. The van der Waals surface area contributed by atoms with Gasteiger partial charge in [-0.05, 0) is 29.5 Å². The Bertz CT molecular complexity index is 776. The minimum absolute atomic E-state index is 0.410. The summed E-state index contributed by atoms with van der Waals surface area (Å²) in [4.78, 5) is 1.42. The molecule has 1 atom stereocenters. The first kappa shape index (κ1) is 12.8. The van der Waals surface area contributed by atoms with Gasteiger partial charge < -0.3 is 5.32 Å². The van der Waals surface area contributed by atoms with Crippen molar-refractivity contribution in [2.75, 3.05) is 11.1 Å². The van der Waals surface area contributed by atoms with Crippen LogP contribution >= 0.6 is 11.8 Å². The van der Waals surface area contributed by atoms with Gasteiger partial charge in [-0.1, -0.05) is 54.6 Å². The van der Waals surface area contributed by atoms with E-state index < -0.39 is 0 Å². The van der Waals surface area contributed by atoms with Gasteiger partial charge in [0.25, 0.3) is 0 Å². The number of fused-ring (bicyclic) bond motifs is 2. The third kappa shape index (κ3) is 2.40. The lowest BCUT2D eigenvalue weighted by Crippen LogP contribution is -2.16. The van der Waals surface area contributed by atoms with Gasteiger partial charge in [0.05, 0.1) is 6.04 Å². The van der Waals surface area contributed by atoms with Gasteiger partial charge in [-0.25, -0.2) is 0 Å². The molecular formula is C19H17NS. The van der Waals surface area contributed by atoms with Gasteiger partial charge in [0.1, 0.15) is 0 Å². The van der Waals surface area contributed by atoms with Gasteiger partial charge >= 0.3 is 0 Å². The summed E-state index contributed by atoms with van der Waals surface area (Å²) in [5.74, 6) is 1.18. The number of nitrogens with one attached hydrogen (secondary N) is 1. The van der Waals surface area contributed by atoms with E-state index in [0.717, 1.165) is 0 Å². The van der Waals surface area contributed by atoms with E-state index in [-0.39, 0.29) is 0 Å². The molecule has 0 bridgehead atoms. The van der Waals surface area contributed by atoms with Gasteiger partial charge in [0.15, 0.2) is 0 Å². The molecule has 0 radical (unpaired) electrons. The number of thioether (sulfide) groups is 1. The molecule has 21 heavy (non-hydrogen) atoms. The zero-order valence-corrected chi connectivity index (χ0v) is 12.6. The van der Waals surface area contributed by atoms with Crippen molar-refractivity contribution in [3.05, 3.63) is 72.3 Å². The number of anilines is 1. The quantitative estimate of drug-likeness (QED) is 0.670. The van der Waals surface area contributed by atoms with Crippen LogP contribution < -0.4 is 5.32 Å². The molecule has 0 fully saturated rings. The van der Waals surface area contributed by atoms with E-state index in [1.807, 2.05) is 11.8 Å². The second kappa shape index (κ2) is 5.45. The molecule has 3 aromatic carbocycles. The Kier molecular flexibility index (Phi) is 3.32. The molecule has 0 spiro atoms. The van der Waals surface area contributed by atoms with Crippen molar-refractivity contribution in [2.24, 2.45) is 0 Å². The molecule has 3 aromatic rings. The summed E-state index contributed by atoms with van der Waals surface area (Å²) in [7, 11) is 0. The van der Waals surface area contributed by atoms with Crippen LogP contribution in [0.25, 0.3) is 10.8 Å². The topological polar surface area (TPSA) is 12.0 Å². The first-order valence-corrected chi connectivity index (χ1v) is 8.36. The fourth-order valence-electron chi connectivity index (χ4n) is 3.03. The second-order valence-corrected chi connectivity index (χ2v) is 6.54. The van der Waals surface area contributed by atoms with E-state index in [1.165, 1.54) is 39.1 Å². The smallest absolute Gasteiger partial charge is 0.0533 e. The lowest BCUT2D eigenvalue weighted by Gasteiger charge is -2.27. The van der Waals surface area contributed by atoms with E-state index in [0.29, 0.717) is 6.04 Å². The SMILES string of the molecule is c1ccc2c(c1)SCCC2Nc1cccc2ccccc12. The summed E-state index contributed by atoms with van der Waals surface area (Å²) < 4.78 is 0. The highest BCUT2D eigenvalue weighted by molar-refractivity contribution is 7.99. The average molecular weight is 291 g/mol. The molecule has 1 nitrogen and oxygen atoms in total. The average Bonchev–Trinajstić information content (AvgIpc) is 2.56. The molecule has 1 aliphatic heterocycles. The summed E-state index contributed by atoms with van der Waals surface area (Å²) in [6.07, 6.45) is 1.17. The predicted octanol–water partition coefficient (Wildman–Crippen LogP) is 5.49. The Hall–Kier alpha value is -1.93. The molecular weight excluding hydrogens is 274 g/mol. The second-order valence-electron chi connectivity index (χ2n) is 5.40. The summed E-state index contributed by atoms with van der Waals surface area (Å²) >= 11 is 1.97. The molecule has 0 saturated carbocycles. The van der Waals surface area contributed by atoms with Crippen molar-refractivity contribution in [1.29, 1.82) is 0 Å². The predicted molar refractivity (Wildman–Crippen MR) is 92.1 cm³/mol. The zero-order valence-electron chi connectivity index (χ0n) is 11.8. The van der Waals surface area contributed by atoms with Crippen molar-refractivity contribution in [1.82, 2.24) is 0 Å². The van der Waals surface area contributed by atoms with Crippen molar-refractivity contribution in [3.8, 4) is 0 Å². The van der Waals surface area contributed by atoms with E-state index >= 15 is 0 Å². The fraction of sp³-hybridized carbons (Fsp3) is 0.158. The zero-order chi connectivity index (χ0) is 14.1. The molecule has 0 aliphatic carbocycles. The summed E-state index contributed by atoms with van der Waals surface area (Å²) in [6.45, 7) is 0. The van der Waals surface area contributed by atoms with Gasteiger partial charge in [-0.15, -0.1) is 11.8 Å². The van der Waals surface area contributed by atoms with Gasteiger partial charge in [0, 0.05) is 21.7 Å². The minimum Gasteiger partial charge on any atom is -0.378 e. The van der Waals surface area contributed by atoms with Crippen LogP contribution in [0.2, 0.25) is 0 Å². The molecule has 0 saturated heterocycles. The molecule has 0 amide bonds. The molecule has 1 aliphatic rings. The van der Waals surface area contributed by atoms with Crippen LogP contribution in [0.4, 0.5) is 5.69 Å². The molecule has 4 rings (SSSR count). The standard InChI is InChI=1S/C19H17NS/c1-2-8-15-14(6-1)7-5-10-17(15)20-18-12-13-21-19-11-4-3-9-16(18)19/h1-11,18,20H,12-13H2. The maximum atomic E-state index is 3.77. The highest BCUT2D eigenvalue weighted by Gasteiger charge is 2.20. The summed E-state index contributed by atoms with van der Waals surface area (Å²) in [5.41, 5.74) is 2.67. The molecule has 1 unspecified atom stereocenters. The Morgan fingerprint density at radius 2 is 1.67 bits per heavy atom. The lowest BCUT2D eigenvalue weighted by molar-refractivity contribution is 0.729. The highest BCUT2D eigenvalue weighted by atomic mass is 32.2. The Morgan fingerprint density at radius 3 is 2.67 bits per heavy atom.